The van der Waals surface area contributed by atoms with E-state index in [1.807, 2.05) is 24.0 Å². The van der Waals surface area contributed by atoms with Crippen molar-refractivity contribution in [2.24, 2.45) is 0 Å². The minimum atomic E-state index is 0.132. The highest BCUT2D eigenvalue weighted by molar-refractivity contribution is 6.08. The fraction of sp³-hybridized carbons (Fsp3) is 0.348. The number of piperazine rings is 1. The highest BCUT2D eigenvalue weighted by atomic mass is 16.2. The number of aromatic amines is 1. The molecule has 1 amide bonds. The number of rotatable bonds is 2. The number of amides is 1. The van der Waals surface area contributed by atoms with Crippen LogP contribution in [0.3, 0.4) is 0 Å². The number of pyridine rings is 1. The van der Waals surface area contributed by atoms with E-state index >= 15 is 0 Å². The van der Waals surface area contributed by atoms with Crippen LogP contribution in [0.15, 0.2) is 36.9 Å². The van der Waals surface area contributed by atoms with Crippen LogP contribution in [-0.4, -0.2) is 73.9 Å². The summed E-state index contributed by atoms with van der Waals surface area (Å²) in [4.78, 5) is 36.1. The van der Waals surface area contributed by atoms with E-state index < -0.39 is 0 Å². The van der Waals surface area contributed by atoms with E-state index in [1.54, 1.807) is 0 Å². The Morgan fingerprint density at radius 3 is 2.66 bits per heavy atom. The second-order valence-corrected chi connectivity index (χ2v) is 7.91. The average molecular weight is 433 g/mol. The summed E-state index contributed by atoms with van der Waals surface area (Å²) < 4.78 is 0. The van der Waals surface area contributed by atoms with Crippen LogP contribution in [0.1, 0.15) is 28.7 Å². The highest BCUT2D eigenvalue weighted by Gasteiger charge is 2.22. The Morgan fingerprint density at radius 1 is 1.16 bits per heavy atom. The second kappa shape index (κ2) is 9.27. The lowest BCUT2D eigenvalue weighted by Gasteiger charge is -2.32. The van der Waals surface area contributed by atoms with Gasteiger partial charge in [0.05, 0.1) is 6.33 Å². The molecule has 0 radical (unpaired) electrons. The lowest BCUT2D eigenvalue weighted by atomic mass is 10.0. The van der Waals surface area contributed by atoms with E-state index in [0.29, 0.717) is 17.0 Å². The van der Waals surface area contributed by atoms with Crippen molar-refractivity contribution in [2.75, 3.05) is 39.0 Å². The number of imidazole rings is 1. The fourth-order valence-electron chi connectivity index (χ4n) is 3.90. The Balaban J connectivity index is 0.000000203. The van der Waals surface area contributed by atoms with E-state index in [-0.39, 0.29) is 5.91 Å². The number of likely N-dealkylation sites (N-methyl/N-ethyl adjacent to an activating group) is 1. The largest absolute Gasteiger partial charge is 0.382 e. The third-order valence-electron chi connectivity index (χ3n) is 5.73. The number of benzene rings is 1. The van der Waals surface area contributed by atoms with Crippen LogP contribution in [0.25, 0.3) is 21.9 Å². The summed E-state index contributed by atoms with van der Waals surface area (Å²) >= 11 is 0. The molecule has 32 heavy (non-hydrogen) atoms. The predicted octanol–water partition coefficient (Wildman–Crippen LogP) is 2.43. The second-order valence-electron chi connectivity index (χ2n) is 7.91. The number of nitrogens with two attached hydrogens (primary N) is 1. The Labute approximate surface area is 186 Å². The monoisotopic (exact) mass is 432 g/mol. The quantitative estimate of drug-likeness (QED) is 0.499. The standard InChI is InChI=1S/C18H23N3O.C5H5N5/c1-4-15-12-14-6-5-7-16(17(14)13(2)19-15)18(22)21-10-8-20(3)9-11-21;6-4-3-5(9-1-7-3)10-2-8-4/h5-7,12H,4,8-11H2,1-3H3;1-2H,(H3,6,7,8,9,10). The maximum Gasteiger partial charge on any atom is 0.254 e. The van der Waals surface area contributed by atoms with Gasteiger partial charge in [0.1, 0.15) is 11.8 Å². The average Bonchev–Trinajstić information content (AvgIpc) is 3.29. The van der Waals surface area contributed by atoms with E-state index in [9.17, 15) is 4.79 Å². The van der Waals surface area contributed by atoms with E-state index in [0.717, 1.165) is 60.3 Å². The Hall–Kier alpha value is -3.59. The number of anilines is 1. The van der Waals surface area contributed by atoms with E-state index in [4.69, 9.17) is 5.73 Å². The molecule has 1 aliphatic heterocycles. The summed E-state index contributed by atoms with van der Waals surface area (Å²) in [5.41, 5.74) is 9.60. The normalized spacial score (nSPS) is 14.4. The molecule has 9 nitrogen and oxygen atoms in total. The van der Waals surface area contributed by atoms with E-state index in [2.05, 4.69) is 55.9 Å². The van der Waals surface area contributed by atoms with Gasteiger partial charge >= 0.3 is 0 Å². The minimum absolute atomic E-state index is 0.132. The van der Waals surface area contributed by atoms with Gasteiger partial charge in [-0.05, 0) is 37.9 Å². The summed E-state index contributed by atoms with van der Waals surface area (Å²) in [6.07, 6.45) is 3.83. The number of nitrogen functional groups attached to an aromatic ring is 1. The first kappa shape index (κ1) is 21.6. The van der Waals surface area contributed by atoms with Crippen molar-refractivity contribution < 1.29 is 4.79 Å². The van der Waals surface area contributed by atoms with Crippen LogP contribution in [0.2, 0.25) is 0 Å². The minimum Gasteiger partial charge on any atom is -0.382 e. The zero-order chi connectivity index (χ0) is 22.7. The van der Waals surface area contributed by atoms with Crippen LogP contribution in [0, 0.1) is 6.92 Å². The number of aromatic nitrogens is 5. The zero-order valence-electron chi connectivity index (χ0n) is 18.7. The SMILES string of the molecule is CCc1cc2cccc(C(=O)N3CCN(C)CC3)c2c(C)n1.Nc1ncnc2nc[nH]c12. The molecule has 1 fully saturated rings. The first-order valence-electron chi connectivity index (χ1n) is 10.7. The van der Waals surface area contributed by atoms with Crippen molar-refractivity contribution >= 4 is 33.7 Å². The molecule has 0 atom stereocenters. The molecule has 5 rings (SSSR count). The van der Waals surface area contributed by atoms with Crippen LogP contribution >= 0.6 is 0 Å². The number of nitrogens with one attached hydrogen (secondary N) is 1. The number of carbonyl (C=O) groups excluding carboxylic acids is 1. The molecule has 1 aliphatic rings. The Kier molecular flexibility index (Phi) is 6.27. The lowest BCUT2D eigenvalue weighted by molar-refractivity contribution is 0.0666. The van der Waals surface area contributed by atoms with Gasteiger partial charge in [0, 0.05) is 48.5 Å². The number of H-pyrrole nitrogens is 1. The number of carbonyl (C=O) groups is 1. The van der Waals surface area contributed by atoms with Crippen molar-refractivity contribution in [1.82, 2.24) is 34.7 Å². The molecule has 0 unspecified atom stereocenters. The fourth-order valence-corrected chi connectivity index (χ4v) is 3.90. The van der Waals surface area contributed by atoms with Crippen molar-refractivity contribution in [3.63, 3.8) is 0 Å². The molecule has 3 aromatic heterocycles. The van der Waals surface area contributed by atoms with Gasteiger partial charge in [-0.25, -0.2) is 15.0 Å². The summed E-state index contributed by atoms with van der Waals surface area (Å²) in [5, 5.41) is 2.12. The van der Waals surface area contributed by atoms with Crippen molar-refractivity contribution in [2.45, 2.75) is 20.3 Å². The number of hydrogen-bond donors (Lipinski definition) is 2. The maximum absolute atomic E-state index is 12.9. The topological polar surface area (TPSA) is 117 Å². The van der Waals surface area contributed by atoms with Gasteiger partial charge in [0.25, 0.3) is 5.91 Å². The smallest absolute Gasteiger partial charge is 0.254 e. The molecular formula is C23H28N8O. The number of hydrogen-bond acceptors (Lipinski definition) is 7. The van der Waals surface area contributed by atoms with Crippen LogP contribution in [-0.2, 0) is 6.42 Å². The van der Waals surface area contributed by atoms with Gasteiger partial charge in [-0.1, -0.05) is 19.1 Å². The lowest BCUT2D eigenvalue weighted by Crippen LogP contribution is -2.47. The molecule has 0 saturated carbocycles. The third kappa shape index (κ3) is 4.38. The third-order valence-corrected chi connectivity index (χ3v) is 5.73. The Bertz CT molecular complexity index is 1240. The number of fused-ring (bicyclic) bond motifs is 2. The molecular weight excluding hydrogens is 404 g/mol. The van der Waals surface area contributed by atoms with Gasteiger partial charge < -0.3 is 20.5 Å². The molecule has 3 N–H and O–H groups in total. The van der Waals surface area contributed by atoms with Gasteiger partial charge in [0.2, 0.25) is 0 Å². The van der Waals surface area contributed by atoms with Gasteiger partial charge in [-0.2, -0.15) is 0 Å². The molecule has 4 heterocycles. The van der Waals surface area contributed by atoms with E-state index in [1.165, 1.54) is 12.7 Å². The summed E-state index contributed by atoms with van der Waals surface area (Å²) in [6.45, 7) is 7.58. The number of nitrogens with zero attached hydrogens (tertiary/aromatic N) is 6. The molecule has 166 valence electrons. The summed E-state index contributed by atoms with van der Waals surface area (Å²) in [5.74, 6) is 0.565. The van der Waals surface area contributed by atoms with Crippen molar-refractivity contribution in [3.05, 3.63) is 53.9 Å². The van der Waals surface area contributed by atoms with Gasteiger partial charge in [-0.3, -0.25) is 9.78 Å². The highest BCUT2D eigenvalue weighted by Crippen LogP contribution is 2.24. The van der Waals surface area contributed by atoms with Crippen LogP contribution in [0.4, 0.5) is 5.82 Å². The summed E-state index contributed by atoms with van der Waals surface area (Å²) in [7, 11) is 2.10. The molecule has 1 aromatic carbocycles. The molecule has 1 saturated heterocycles. The van der Waals surface area contributed by atoms with Crippen LogP contribution < -0.4 is 5.73 Å². The van der Waals surface area contributed by atoms with Crippen molar-refractivity contribution in [1.29, 1.82) is 0 Å². The molecule has 0 spiro atoms. The molecule has 0 bridgehead atoms. The maximum atomic E-state index is 12.9. The predicted molar refractivity (Wildman–Crippen MR) is 125 cm³/mol. The first-order valence-corrected chi connectivity index (χ1v) is 10.7. The number of aryl methyl sites for hydroxylation is 2. The molecule has 0 aliphatic carbocycles. The Morgan fingerprint density at radius 2 is 1.94 bits per heavy atom. The molecule has 4 aromatic rings. The van der Waals surface area contributed by atoms with Crippen LogP contribution in [0.5, 0.6) is 0 Å². The van der Waals surface area contributed by atoms with Gasteiger partial charge in [-0.15, -0.1) is 0 Å². The molecule has 9 heteroatoms. The summed E-state index contributed by atoms with van der Waals surface area (Å²) in [6, 6.07) is 8.08. The van der Waals surface area contributed by atoms with Gasteiger partial charge in [0.15, 0.2) is 11.5 Å². The zero-order valence-corrected chi connectivity index (χ0v) is 18.7. The first-order chi connectivity index (χ1) is 15.5. The van der Waals surface area contributed by atoms with Crippen molar-refractivity contribution in [3.8, 4) is 0 Å².